The van der Waals surface area contributed by atoms with Gasteiger partial charge in [-0.25, -0.2) is 14.2 Å². The Bertz CT molecular complexity index is 619. The smallest absolute Gasteiger partial charge is 0.376 e. The van der Waals surface area contributed by atoms with Crippen LogP contribution < -0.4 is 0 Å². The highest BCUT2D eigenvalue weighted by Gasteiger charge is 2.21. The van der Waals surface area contributed by atoms with E-state index in [1.165, 1.54) is 12.1 Å². The molecule has 1 aromatic heterocycles. The number of aryl methyl sites for hydroxylation is 1. The lowest BCUT2D eigenvalue weighted by Crippen LogP contribution is -2.05. The van der Waals surface area contributed by atoms with E-state index in [2.05, 4.69) is 20.9 Å². The van der Waals surface area contributed by atoms with Crippen LogP contribution in [-0.4, -0.2) is 17.6 Å². The van der Waals surface area contributed by atoms with Crippen LogP contribution in [0.3, 0.4) is 0 Å². The van der Waals surface area contributed by atoms with Gasteiger partial charge in [-0.15, -0.1) is 0 Å². The summed E-state index contributed by atoms with van der Waals surface area (Å²) in [5.74, 6) is -0.697. The molecule has 0 aliphatic heterocycles. The SMILES string of the molecule is CCOC(=O)c1oc(-c2cc(F)cc(Br)c2)nc1CC. The molecule has 0 amide bonds. The van der Waals surface area contributed by atoms with E-state index in [0.29, 0.717) is 22.2 Å². The molecule has 1 aromatic carbocycles. The molecule has 20 heavy (non-hydrogen) atoms. The molecule has 0 aliphatic carbocycles. The summed E-state index contributed by atoms with van der Waals surface area (Å²) >= 11 is 3.21. The van der Waals surface area contributed by atoms with Crippen molar-refractivity contribution >= 4 is 21.9 Å². The number of carbonyl (C=O) groups excluding carboxylic acids is 1. The summed E-state index contributed by atoms with van der Waals surface area (Å²) in [7, 11) is 0. The molecular formula is C14H13BrFNO3. The third-order valence-corrected chi connectivity index (χ3v) is 3.06. The summed E-state index contributed by atoms with van der Waals surface area (Å²) in [5.41, 5.74) is 0.959. The number of hydrogen-bond acceptors (Lipinski definition) is 4. The number of nitrogens with zero attached hydrogens (tertiary/aromatic N) is 1. The zero-order chi connectivity index (χ0) is 14.7. The van der Waals surface area contributed by atoms with Gasteiger partial charge in [0.15, 0.2) is 0 Å². The van der Waals surface area contributed by atoms with Gasteiger partial charge in [0.05, 0.1) is 12.3 Å². The number of aromatic nitrogens is 1. The van der Waals surface area contributed by atoms with E-state index in [1.54, 1.807) is 13.0 Å². The minimum absolute atomic E-state index is 0.0738. The molecule has 2 rings (SSSR count). The summed E-state index contributed by atoms with van der Waals surface area (Å²) in [4.78, 5) is 16.0. The first-order chi connectivity index (χ1) is 9.55. The molecule has 0 atom stereocenters. The van der Waals surface area contributed by atoms with Crippen molar-refractivity contribution < 1.29 is 18.3 Å². The zero-order valence-electron chi connectivity index (χ0n) is 11.1. The Balaban J connectivity index is 2.45. The van der Waals surface area contributed by atoms with Crippen LogP contribution in [0.5, 0.6) is 0 Å². The fraction of sp³-hybridized carbons (Fsp3) is 0.286. The van der Waals surface area contributed by atoms with Crippen molar-refractivity contribution in [1.29, 1.82) is 0 Å². The Morgan fingerprint density at radius 2 is 2.15 bits per heavy atom. The van der Waals surface area contributed by atoms with Crippen molar-refractivity contribution in [1.82, 2.24) is 4.98 Å². The Kier molecular flexibility index (Phi) is 4.54. The van der Waals surface area contributed by atoms with E-state index in [1.807, 2.05) is 6.92 Å². The summed E-state index contributed by atoms with van der Waals surface area (Å²) in [5, 5.41) is 0. The maximum atomic E-state index is 13.4. The first-order valence-electron chi connectivity index (χ1n) is 6.18. The lowest BCUT2D eigenvalue weighted by atomic mass is 10.2. The Morgan fingerprint density at radius 3 is 2.75 bits per heavy atom. The van der Waals surface area contributed by atoms with Gasteiger partial charge < -0.3 is 9.15 Å². The third kappa shape index (κ3) is 3.07. The average Bonchev–Trinajstić information content (AvgIpc) is 2.82. The second kappa shape index (κ2) is 6.17. The van der Waals surface area contributed by atoms with Crippen LogP contribution in [0.4, 0.5) is 4.39 Å². The Hall–Kier alpha value is -1.69. The van der Waals surface area contributed by atoms with Gasteiger partial charge in [-0.05, 0) is 31.5 Å². The molecule has 106 valence electrons. The largest absolute Gasteiger partial charge is 0.460 e. The fourth-order valence-electron chi connectivity index (χ4n) is 1.75. The molecule has 1 heterocycles. The normalized spacial score (nSPS) is 10.6. The predicted molar refractivity (Wildman–Crippen MR) is 74.9 cm³/mol. The molecule has 6 heteroatoms. The van der Waals surface area contributed by atoms with Gasteiger partial charge in [0.1, 0.15) is 5.82 Å². The Morgan fingerprint density at radius 1 is 1.40 bits per heavy atom. The molecule has 0 unspecified atom stereocenters. The van der Waals surface area contributed by atoms with Crippen LogP contribution in [0.25, 0.3) is 11.5 Å². The predicted octanol–water partition coefficient (Wildman–Crippen LogP) is 3.98. The zero-order valence-corrected chi connectivity index (χ0v) is 12.7. The van der Waals surface area contributed by atoms with Crippen molar-refractivity contribution in [3.05, 3.63) is 39.9 Å². The van der Waals surface area contributed by atoms with E-state index in [-0.39, 0.29) is 18.3 Å². The molecule has 2 aromatic rings. The summed E-state index contributed by atoms with van der Waals surface area (Å²) in [6.07, 6.45) is 0.522. The van der Waals surface area contributed by atoms with Gasteiger partial charge in [-0.1, -0.05) is 22.9 Å². The summed E-state index contributed by atoms with van der Waals surface area (Å²) < 4.78 is 24.3. The second-order valence-corrected chi connectivity index (χ2v) is 4.94. The average molecular weight is 342 g/mol. The lowest BCUT2D eigenvalue weighted by Gasteiger charge is -1.99. The molecule has 0 saturated carbocycles. The number of esters is 1. The monoisotopic (exact) mass is 341 g/mol. The van der Waals surface area contributed by atoms with Crippen molar-refractivity contribution in [2.75, 3.05) is 6.61 Å². The maximum absolute atomic E-state index is 13.4. The highest BCUT2D eigenvalue weighted by Crippen LogP contribution is 2.26. The van der Waals surface area contributed by atoms with Crippen LogP contribution in [0.2, 0.25) is 0 Å². The van der Waals surface area contributed by atoms with Crippen LogP contribution in [-0.2, 0) is 11.2 Å². The van der Waals surface area contributed by atoms with Crippen LogP contribution in [0.15, 0.2) is 27.1 Å². The lowest BCUT2D eigenvalue weighted by molar-refractivity contribution is 0.0489. The van der Waals surface area contributed by atoms with Crippen molar-refractivity contribution in [3.8, 4) is 11.5 Å². The number of halogens is 2. The molecule has 0 radical (unpaired) electrons. The van der Waals surface area contributed by atoms with E-state index < -0.39 is 11.8 Å². The van der Waals surface area contributed by atoms with Crippen LogP contribution in [0, 0.1) is 5.82 Å². The van der Waals surface area contributed by atoms with Crippen LogP contribution in [0.1, 0.15) is 30.1 Å². The van der Waals surface area contributed by atoms with Gasteiger partial charge in [0.25, 0.3) is 0 Å². The Labute approximate surface area is 124 Å². The molecule has 0 N–H and O–H groups in total. The minimum atomic E-state index is -0.557. The van der Waals surface area contributed by atoms with Gasteiger partial charge in [-0.2, -0.15) is 0 Å². The van der Waals surface area contributed by atoms with Gasteiger partial charge in [0.2, 0.25) is 11.7 Å². The fourth-order valence-corrected chi connectivity index (χ4v) is 2.21. The molecule has 0 bridgehead atoms. The van der Waals surface area contributed by atoms with Crippen LogP contribution >= 0.6 is 15.9 Å². The van der Waals surface area contributed by atoms with E-state index >= 15 is 0 Å². The summed E-state index contributed by atoms with van der Waals surface area (Å²) in [6.45, 7) is 3.82. The topological polar surface area (TPSA) is 52.3 Å². The van der Waals surface area contributed by atoms with Gasteiger partial charge >= 0.3 is 5.97 Å². The summed E-state index contributed by atoms with van der Waals surface area (Å²) in [6, 6.07) is 4.30. The van der Waals surface area contributed by atoms with E-state index in [0.717, 1.165) is 0 Å². The molecule has 0 saturated heterocycles. The maximum Gasteiger partial charge on any atom is 0.376 e. The standard InChI is InChI=1S/C14H13BrFNO3/c1-3-11-12(14(18)19-4-2)20-13(17-11)8-5-9(15)7-10(16)6-8/h5-7H,3-4H2,1-2H3. The quantitative estimate of drug-likeness (QED) is 0.789. The highest BCUT2D eigenvalue weighted by atomic mass is 79.9. The number of ether oxygens (including phenoxy) is 1. The van der Waals surface area contributed by atoms with Crippen molar-refractivity contribution in [2.45, 2.75) is 20.3 Å². The van der Waals surface area contributed by atoms with Crippen molar-refractivity contribution in [2.24, 2.45) is 0 Å². The molecular weight excluding hydrogens is 329 g/mol. The number of rotatable bonds is 4. The van der Waals surface area contributed by atoms with Gasteiger partial charge in [0, 0.05) is 10.0 Å². The first-order valence-corrected chi connectivity index (χ1v) is 6.97. The second-order valence-electron chi connectivity index (χ2n) is 4.03. The number of carbonyl (C=O) groups is 1. The molecule has 0 aliphatic rings. The molecule has 0 fully saturated rings. The van der Waals surface area contributed by atoms with Crippen molar-refractivity contribution in [3.63, 3.8) is 0 Å². The number of benzene rings is 1. The third-order valence-electron chi connectivity index (χ3n) is 2.60. The number of hydrogen-bond donors (Lipinski definition) is 0. The van der Waals surface area contributed by atoms with E-state index in [9.17, 15) is 9.18 Å². The first kappa shape index (κ1) is 14.7. The van der Waals surface area contributed by atoms with Gasteiger partial charge in [-0.3, -0.25) is 0 Å². The minimum Gasteiger partial charge on any atom is -0.460 e. The van der Waals surface area contributed by atoms with E-state index in [4.69, 9.17) is 9.15 Å². The molecule has 0 spiro atoms. The highest BCUT2D eigenvalue weighted by molar-refractivity contribution is 9.10. The molecule has 4 nitrogen and oxygen atoms in total. The number of oxazole rings is 1.